The highest BCUT2D eigenvalue weighted by Gasteiger charge is 2.07. The summed E-state index contributed by atoms with van der Waals surface area (Å²) < 4.78 is 6.19. The van der Waals surface area contributed by atoms with Gasteiger partial charge in [0.2, 0.25) is 5.91 Å². The fraction of sp³-hybridized carbons (Fsp3) is 0.294. The number of rotatable bonds is 6. The fourth-order valence-electron chi connectivity index (χ4n) is 2.07. The normalized spacial score (nSPS) is 11.2. The number of aliphatic imine (C=N–C) groups is 1. The predicted octanol–water partition coefficient (Wildman–Crippen LogP) is 2.70. The number of nitrogens with one attached hydrogen (secondary N) is 3. The Morgan fingerprint density at radius 1 is 1.29 bits per heavy atom. The maximum Gasteiger partial charge on any atom is 0.243 e. The monoisotopic (exact) mass is 392 g/mol. The molecule has 0 radical (unpaired) electrons. The van der Waals surface area contributed by atoms with Gasteiger partial charge in [-0.25, -0.2) is 0 Å². The van der Waals surface area contributed by atoms with Crippen molar-refractivity contribution in [3.05, 3.63) is 52.4 Å². The number of benzene rings is 1. The molecule has 3 N–H and O–H groups in total. The van der Waals surface area contributed by atoms with E-state index < -0.39 is 0 Å². The zero-order chi connectivity index (χ0) is 17.4. The molecule has 24 heavy (non-hydrogen) atoms. The molecule has 128 valence electrons. The minimum absolute atomic E-state index is 0.131. The van der Waals surface area contributed by atoms with Crippen LogP contribution in [0.4, 0.5) is 5.69 Å². The van der Waals surface area contributed by atoms with E-state index >= 15 is 0 Å². The highest BCUT2D eigenvalue weighted by molar-refractivity contribution is 9.10. The van der Waals surface area contributed by atoms with Gasteiger partial charge in [-0.05, 0) is 36.8 Å². The molecule has 1 heterocycles. The van der Waals surface area contributed by atoms with E-state index in [1.807, 2.05) is 37.3 Å². The maximum absolute atomic E-state index is 12.1. The summed E-state index contributed by atoms with van der Waals surface area (Å²) in [5, 5.41) is 9.01. The topological polar surface area (TPSA) is 78.7 Å². The van der Waals surface area contributed by atoms with Gasteiger partial charge in [-0.15, -0.1) is 0 Å². The Morgan fingerprint density at radius 2 is 2.12 bits per heavy atom. The molecule has 0 aliphatic rings. The van der Waals surface area contributed by atoms with Gasteiger partial charge in [-0.1, -0.05) is 22.0 Å². The molecule has 1 aromatic heterocycles. The number of nitrogens with zero attached hydrogens (tertiary/aromatic N) is 1. The van der Waals surface area contributed by atoms with Gasteiger partial charge >= 0.3 is 0 Å². The standard InChI is InChI=1S/C17H21BrN4O2/c1-12-5-6-13(18)10-15(12)22-16(23)11-21-17(19-2)20-8-7-14-4-3-9-24-14/h3-6,9-10H,7-8,11H2,1-2H3,(H,22,23)(H2,19,20,21). The molecular formula is C17H21BrN4O2. The lowest BCUT2D eigenvalue weighted by Gasteiger charge is -2.12. The van der Waals surface area contributed by atoms with Gasteiger partial charge in [0.1, 0.15) is 5.76 Å². The van der Waals surface area contributed by atoms with Crippen LogP contribution in [-0.4, -0.2) is 32.0 Å². The van der Waals surface area contributed by atoms with Crippen LogP contribution in [0.2, 0.25) is 0 Å². The molecule has 0 fully saturated rings. The summed E-state index contributed by atoms with van der Waals surface area (Å²) in [4.78, 5) is 16.2. The summed E-state index contributed by atoms with van der Waals surface area (Å²) >= 11 is 3.40. The molecule has 0 bridgehead atoms. The van der Waals surface area contributed by atoms with Crippen LogP contribution in [0.3, 0.4) is 0 Å². The van der Waals surface area contributed by atoms with Crippen molar-refractivity contribution in [1.29, 1.82) is 0 Å². The lowest BCUT2D eigenvalue weighted by Crippen LogP contribution is -2.42. The number of aryl methyl sites for hydroxylation is 1. The lowest BCUT2D eigenvalue weighted by atomic mass is 10.2. The number of hydrogen-bond donors (Lipinski definition) is 3. The van der Waals surface area contributed by atoms with Gasteiger partial charge in [0.15, 0.2) is 5.96 Å². The third-order valence-electron chi connectivity index (χ3n) is 3.36. The van der Waals surface area contributed by atoms with Crippen molar-refractivity contribution in [2.45, 2.75) is 13.3 Å². The number of carbonyl (C=O) groups excluding carboxylic acids is 1. The van der Waals surface area contributed by atoms with Crippen LogP contribution in [0.15, 0.2) is 50.5 Å². The Bertz CT molecular complexity index is 699. The van der Waals surface area contributed by atoms with Crippen molar-refractivity contribution < 1.29 is 9.21 Å². The van der Waals surface area contributed by atoms with E-state index in [1.165, 1.54) is 0 Å². The molecule has 7 heteroatoms. The number of guanidine groups is 1. The summed E-state index contributed by atoms with van der Waals surface area (Å²) in [6.07, 6.45) is 2.40. The first-order valence-electron chi connectivity index (χ1n) is 7.61. The van der Waals surface area contributed by atoms with Crippen molar-refractivity contribution in [3.8, 4) is 0 Å². The summed E-state index contributed by atoms with van der Waals surface area (Å²) in [6, 6.07) is 9.54. The minimum Gasteiger partial charge on any atom is -0.469 e. The van der Waals surface area contributed by atoms with Gasteiger partial charge in [-0.3, -0.25) is 9.79 Å². The van der Waals surface area contributed by atoms with Gasteiger partial charge < -0.3 is 20.4 Å². The molecule has 0 saturated carbocycles. The third-order valence-corrected chi connectivity index (χ3v) is 3.85. The molecule has 0 aliphatic heterocycles. The average molecular weight is 393 g/mol. The van der Waals surface area contributed by atoms with Crippen LogP contribution in [0.25, 0.3) is 0 Å². The number of furan rings is 1. The Morgan fingerprint density at radius 3 is 2.83 bits per heavy atom. The molecular weight excluding hydrogens is 372 g/mol. The lowest BCUT2D eigenvalue weighted by molar-refractivity contribution is -0.115. The molecule has 0 atom stereocenters. The van der Waals surface area contributed by atoms with Gasteiger partial charge in [-0.2, -0.15) is 0 Å². The van der Waals surface area contributed by atoms with Gasteiger partial charge in [0.05, 0.1) is 12.8 Å². The molecule has 2 rings (SSSR count). The third kappa shape index (κ3) is 5.73. The largest absolute Gasteiger partial charge is 0.469 e. The minimum atomic E-state index is -0.134. The van der Waals surface area contributed by atoms with Crippen molar-refractivity contribution in [3.63, 3.8) is 0 Å². The number of anilines is 1. The molecule has 0 saturated heterocycles. The molecule has 1 aromatic carbocycles. The van der Waals surface area contributed by atoms with E-state index in [9.17, 15) is 4.79 Å². The van der Waals surface area contributed by atoms with Crippen LogP contribution in [-0.2, 0) is 11.2 Å². The maximum atomic E-state index is 12.1. The Kier molecular flexibility index (Phi) is 6.87. The molecule has 1 amide bonds. The fourth-order valence-corrected chi connectivity index (χ4v) is 2.43. The van der Waals surface area contributed by atoms with Crippen LogP contribution in [0.5, 0.6) is 0 Å². The van der Waals surface area contributed by atoms with Crippen molar-refractivity contribution in [2.75, 3.05) is 25.5 Å². The zero-order valence-electron chi connectivity index (χ0n) is 13.7. The van der Waals surface area contributed by atoms with Crippen LogP contribution in [0, 0.1) is 6.92 Å². The van der Waals surface area contributed by atoms with E-state index in [0.29, 0.717) is 12.5 Å². The number of amides is 1. The van der Waals surface area contributed by atoms with Crippen molar-refractivity contribution in [2.24, 2.45) is 4.99 Å². The van der Waals surface area contributed by atoms with E-state index in [1.54, 1.807) is 13.3 Å². The van der Waals surface area contributed by atoms with E-state index in [-0.39, 0.29) is 12.5 Å². The SMILES string of the molecule is CN=C(NCCc1ccco1)NCC(=O)Nc1cc(Br)ccc1C. The summed E-state index contributed by atoms with van der Waals surface area (Å²) in [5.41, 5.74) is 1.80. The van der Waals surface area contributed by atoms with Crippen molar-refractivity contribution in [1.82, 2.24) is 10.6 Å². The molecule has 0 aliphatic carbocycles. The first kappa shape index (κ1) is 18.1. The van der Waals surface area contributed by atoms with E-state index in [4.69, 9.17) is 4.42 Å². The molecule has 6 nitrogen and oxygen atoms in total. The number of hydrogen-bond acceptors (Lipinski definition) is 3. The Balaban J connectivity index is 1.75. The summed E-state index contributed by atoms with van der Waals surface area (Å²) in [6.45, 7) is 2.75. The van der Waals surface area contributed by atoms with Gasteiger partial charge in [0.25, 0.3) is 0 Å². The summed E-state index contributed by atoms with van der Waals surface area (Å²) in [7, 11) is 1.67. The Labute approximate surface area is 149 Å². The van der Waals surface area contributed by atoms with Crippen molar-refractivity contribution >= 4 is 33.5 Å². The second kappa shape index (κ2) is 9.12. The number of halogens is 1. The second-order valence-electron chi connectivity index (χ2n) is 5.19. The smallest absolute Gasteiger partial charge is 0.243 e. The predicted molar refractivity (Wildman–Crippen MR) is 99.3 cm³/mol. The zero-order valence-corrected chi connectivity index (χ0v) is 15.3. The average Bonchev–Trinajstić information content (AvgIpc) is 3.07. The highest BCUT2D eigenvalue weighted by atomic mass is 79.9. The van der Waals surface area contributed by atoms with Crippen LogP contribution >= 0.6 is 15.9 Å². The van der Waals surface area contributed by atoms with Crippen LogP contribution < -0.4 is 16.0 Å². The quantitative estimate of drug-likeness (QED) is 0.521. The van der Waals surface area contributed by atoms with Gasteiger partial charge in [0, 0.05) is 30.2 Å². The molecule has 0 spiro atoms. The Hall–Kier alpha value is -2.28. The first-order valence-corrected chi connectivity index (χ1v) is 8.40. The summed E-state index contributed by atoms with van der Waals surface area (Å²) in [5.74, 6) is 1.34. The van der Waals surface area contributed by atoms with E-state index in [0.717, 1.165) is 27.9 Å². The molecule has 0 unspecified atom stereocenters. The first-order chi connectivity index (χ1) is 11.6. The highest BCUT2D eigenvalue weighted by Crippen LogP contribution is 2.20. The van der Waals surface area contributed by atoms with E-state index in [2.05, 4.69) is 36.9 Å². The second-order valence-corrected chi connectivity index (χ2v) is 6.11. The van der Waals surface area contributed by atoms with Crippen LogP contribution in [0.1, 0.15) is 11.3 Å². The number of carbonyl (C=O) groups is 1. The molecule has 2 aromatic rings.